The predicted octanol–water partition coefficient (Wildman–Crippen LogP) is -2.44. The van der Waals surface area contributed by atoms with E-state index in [-0.39, 0.29) is 78.3 Å². The van der Waals surface area contributed by atoms with Crippen LogP contribution in [0.5, 0.6) is 0 Å². The molecule has 15 heavy (non-hydrogen) atoms. The van der Waals surface area contributed by atoms with E-state index in [1.165, 1.54) is 4.90 Å². The van der Waals surface area contributed by atoms with Crippen LogP contribution in [0.25, 0.3) is 0 Å². The van der Waals surface area contributed by atoms with Crippen LogP contribution in [-0.4, -0.2) is 119 Å². The Labute approximate surface area is 132 Å². The van der Waals surface area contributed by atoms with Crippen molar-refractivity contribution in [2.75, 3.05) is 26.2 Å². The first kappa shape index (κ1) is 18.2. The molecule has 1 unspecified atom stereocenters. The summed E-state index contributed by atoms with van der Waals surface area (Å²) in [5.41, 5.74) is 0. The fraction of sp³-hybridized carbons (Fsp3) is 0.714. The van der Waals surface area contributed by atoms with Crippen molar-refractivity contribution in [2.24, 2.45) is 0 Å². The van der Waals surface area contributed by atoms with Crippen LogP contribution in [0.1, 0.15) is 0 Å². The molecule has 0 aromatic carbocycles. The molecule has 1 aliphatic heterocycles. The van der Waals surface area contributed by atoms with Gasteiger partial charge in [-0.3, -0.25) is 14.5 Å². The third-order valence-corrected chi connectivity index (χ3v) is 1.58. The molecule has 0 amide bonds. The number of ether oxygens (including phenoxy) is 1. The fourth-order valence-corrected chi connectivity index (χ4v) is 1.03. The van der Waals surface area contributed by atoms with Gasteiger partial charge in [0.25, 0.3) is 0 Å². The number of nitrogens with zero attached hydrogens (tertiary/aromatic N) is 1. The summed E-state index contributed by atoms with van der Waals surface area (Å²) in [7, 11) is 0. The summed E-state index contributed by atoms with van der Waals surface area (Å²) >= 11 is 0. The second-order valence-electron chi connectivity index (χ2n) is 2.91. The molecule has 1 rings (SSSR count). The van der Waals surface area contributed by atoms with Gasteiger partial charge in [-0.1, -0.05) is 0 Å². The van der Waals surface area contributed by atoms with Crippen molar-refractivity contribution in [3.63, 3.8) is 0 Å². The molecule has 0 aliphatic carbocycles. The SMILES string of the molecule is O=C(O)CN(CC(=O)O)CC1CO1.[NaH].[NaH]. The number of carboxylic acids is 2. The molecule has 1 heterocycles. The molecular formula is C7H13NNa2O5. The van der Waals surface area contributed by atoms with E-state index in [9.17, 15) is 9.59 Å². The first-order valence-electron chi connectivity index (χ1n) is 3.85. The summed E-state index contributed by atoms with van der Waals surface area (Å²) in [4.78, 5) is 22.0. The van der Waals surface area contributed by atoms with Gasteiger partial charge in [-0.05, 0) is 0 Å². The van der Waals surface area contributed by atoms with Crippen LogP contribution in [0.15, 0.2) is 0 Å². The molecule has 1 atom stereocenters. The van der Waals surface area contributed by atoms with E-state index in [1.807, 2.05) is 0 Å². The molecule has 0 radical (unpaired) electrons. The van der Waals surface area contributed by atoms with Gasteiger partial charge in [-0.2, -0.15) is 0 Å². The van der Waals surface area contributed by atoms with Gasteiger partial charge in [0.15, 0.2) is 0 Å². The summed E-state index contributed by atoms with van der Waals surface area (Å²) in [6.45, 7) is 0.451. The van der Waals surface area contributed by atoms with Crippen LogP contribution >= 0.6 is 0 Å². The molecule has 1 saturated heterocycles. The van der Waals surface area contributed by atoms with Crippen molar-refractivity contribution < 1.29 is 24.5 Å². The molecule has 0 aromatic rings. The standard InChI is InChI=1S/C7H11NO5.2Na.2H/c9-6(10)2-8(3-7(11)12)1-5-4-13-5;;;;/h5H,1-4H2,(H,9,10)(H,11,12);;;;. The Morgan fingerprint density at radius 2 is 1.60 bits per heavy atom. The number of carboxylic acid groups (broad SMARTS) is 2. The first-order valence-corrected chi connectivity index (χ1v) is 3.85. The molecule has 78 valence electrons. The third-order valence-electron chi connectivity index (χ3n) is 1.58. The summed E-state index contributed by atoms with van der Waals surface area (Å²) < 4.78 is 4.87. The van der Waals surface area contributed by atoms with Gasteiger partial charge in [0.2, 0.25) is 0 Å². The Morgan fingerprint density at radius 1 is 1.20 bits per heavy atom. The normalized spacial score (nSPS) is 17.5. The van der Waals surface area contributed by atoms with Crippen LogP contribution in [-0.2, 0) is 14.3 Å². The van der Waals surface area contributed by atoms with E-state index in [1.54, 1.807) is 0 Å². The number of hydrogen-bond donors (Lipinski definition) is 2. The maximum atomic E-state index is 10.3. The van der Waals surface area contributed by atoms with Crippen LogP contribution in [0, 0.1) is 0 Å². The van der Waals surface area contributed by atoms with E-state index in [0.29, 0.717) is 13.2 Å². The third kappa shape index (κ3) is 9.77. The molecule has 1 fully saturated rings. The maximum absolute atomic E-state index is 10.3. The summed E-state index contributed by atoms with van der Waals surface area (Å²) in [6, 6.07) is 0. The number of aliphatic carboxylic acids is 2. The number of carbonyl (C=O) groups is 2. The van der Waals surface area contributed by atoms with E-state index in [4.69, 9.17) is 14.9 Å². The molecule has 0 bridgehead atoms. The topological polar surface area (TPSA) is 90.4 Å². The summed E-state index contributed by atoms with van der Waals surface area (Å²) in [5, 5.41) is 16.9. The summed E-state index contributed by atoms with van der Waals surface area (Å²) in [6.07, 6.45) is 0.0127. The second kappa shape index (κ2) is 8.95. The van der Waals surface area contributed by atoms with Crippen molar-refractivity contribution in [3.05, 3.63) is 0 Å². The first-order chi connectivity index (χ1) is 6.08. The van der Waals surface area contributed by atoms with Gasteiger partial charge in [0.05, 0.1) is 25.8 Å². The van der Waals surface area contributed by atoms with E-state index in [2.05, 4.69) is 0 Å². The van der Waals surface area contributed by atoms with Gasteiger partial charge >= 0.3 is 71.1 Å². The Hall–Kier alpha value is 0.860. The Bertz CT molecular complexity index is 205. The average Bonchev–Trinajstić information content (AvgIpc) is 2.67. The van der Waals surface area contributed by atoms with Crippen molar-refractivity contribution >= 4 is 71.1 Å². The monoisotopic (exact) mass is 237 g/mol. The van der Waals surface area contributed by atoms with Crippen molar-refractivity contribution in [3.8, 4) is 0 Å². The molecule has 0 spiro atoms. The van der Waals surface area contributed by atoms with Crippen LogP contribution < -0.4 is 0 Å². The Balaban J connectivity index is 0. The Morgan fingerprint density at radius 3 is 1.87 bits per heavy atom. The zero-order valence-electron chi connectivity index (χ0n) is 6.97. The number of hydrogen-bond acceptors (Lipinski definition) is 4. The average molecular weight is 237 g/mol. The van der Waals surface area contributed by atoms with Crippen LogP contribution in [0.2, 0.25) is 0 Å². The molecule has 8 heteroatoms. The fourth-order valence-electron chi connectivity index (χ4n) is 1.03. The Kier molecular flexibility index (Phi) is 10.9. The molecule has 1 aliphatic rings. The summed E-state index contributed by atoms with van der Waals surface area (Å²) in [5.74, 6) is -2.05. The zero-order chi connectivity index (χ0) is 9.84. The molecule has 6 nitrogen and oxygen atoms in total. The minimum absolute atomic E-state index is 0. The van der Waals surface area contributed by atoms with Crippen LogP contribution in [0.4, 0.5) is 0 Å². The minimum atomic E-state index is -1.03. The zero-order valence-corrected chi connectivity index (χ0v) is 6.97. The van der Waals surface area contributed by atoms with Crippen molar-refractivity contribution in [1.82, 2.24) is 4.90 Å². The van der Waals surface area contributed by atoms with Crippen LogP contribution in [0.3, 0.4) is 0 Å². The van der Waals surface area contributed by atoms with E-state index < -0.39 is 11.9 Å². The molecule has 0 aromatic heterocycles. The van der Waals surface area contributed by atoms with Gasteiger partial charge in [0, 0.05) is 6.54 Å². The van der Waals surface area contributed by atoms with Gasteiger partial charge in [-0.25, -0.2) is 0 Å². The predicted molar refractivity (Wildman–Crippen MR) is 55.7 cm³/mol. The van der Waals surface area contributed by atoms with Crippen molar-refractivity contribution in [1.29, 1.82) is 0 Å². The van der Waals surface area contributed by atoms with E-state index in [0.717, 1.165) is 0 Å². The molecule has 0 saturated carbocycles. The van der Waals surface area contributed by atoms with Crippen molar-refractivity contribution in [2.45, 2.75) is 6.10 Å². The van der Waals surface area contributed by atoms with Gasteiger partial charge < -0.3 is 14.9 Å². The van der Waals surface area contributed by atoms with Gasteiger partial charge in [0.1, 0.15) is 0 Å². The molecule has 2 N–H and O–H groups in total. The van der Waals surface area contributed by atoms with Gasteiger partial charge in [-0.15, -0.1) is 0 Å². The quantitative estimate of drug-likeness (QED) is 0.394. The second-order valence-corrected chi connectivity index (χ2v) is 2.91. The number of epoxide rings is 1. The van der Waals surface area contributed by atoms with E-state index >= 15 is 0 Å². The molecular weight excluding hydrogens is 224 g/mol. The number of rotatable bonds is 6.